The third kappa shape index (κ3) is 3.25. The first-order valence-electron chi connectivity index (χ1n) is 6.75. The number of anilines is 1. The second-order valence-electron chi connectivity index (χ2n) is 4.94. The first-order valence-corrected chi connectivity index (χ1v) is 6.75. The number of nitrogens with zero attached hydrogens (tertiary/aromatic N) is 1. The van der Waals surface area contributed by atoms with Crippen molar-refractivity contribution in [2.24, 2.45) is 5.73 Å². The monoisotopic (exact) mass is 268 g/mol. The van der Waals surface area contributed by atoms with E-state index in [1.807, 2.05) is 55.5 Å². The molecule has 2 aromatic rings. The maximum absolute atomic E-state index is 12.5. The topological polar surface area (TPSA) is 46.3 Å². The molecule has 0 radical (unpaired) electrons. The summed E-state index contributed by atoms with van der Waals surface area (Å²) in [7, 11) is 1.79. The Balaban J connectivity index is 2.21. The van der Waals surface area contributed by atoms with Gasteiger partial charge in [-0.25, -0.2) is 0 Å². The van der Waals surface area contributed by atoms with E-state index in [1.165, 1.54) is 5.56 Å². The van der Waals surface area contributed by atoms with Crippen molar-refractivity contribution in [2.45, 2.75) is 13.3 Å². The Morgan fingerprint density at radius 3 is 2.50 bits per heavy atom. The van der Waals surface area contributed by atoms with Gasteiger partial charge in [-0.1, -0.05) is 29.8 Å². The van der Waals surface area contributed by atoms with Crippen molar-refractivity contribution in [1.82, 2.24) is 0 Å². The zero-order valence-corrected chi connectivity index (χ0v) is 12.0. The molecule has 0 unspecified atom stereocenters. The Hall–Kier alpha value is -2.13. The molecule has 0 fully saturated rings. The molecule has 0 heterocycles. The minimum Gasteiger partial charge on any atom is -0.330 e. The predicted octanol–water partition coefficient (Wildman–Crippen LogP) is 2.77. The van der Waals surface area contributed by atoms with Crippen LogP contribution in [0.4, 0.5) is 5.69 Å². The van der Waals surface area contributed by atoms with Crippen LogP contribution < -0.4 is 10.6 Å². The van der Waals surface area contributed by atoms with E-state index in [0.29, 0.717) is 12.1 Å². The van der Waals surface area contributed by atoms with Crippen LogP contribution >= 0.6 is 0 Å². The Kier molecular flexibility index (Phi) is 4.53. The second kappa shape index (κ2) is 6.35. The molecular formula is C17H20N2O. The largest absolute Gasteiger partial charge is 0.330 e. The van der Waals surface area contributed by atoms with Gasteiger partial charge in [0.2, 0.25) is 0 Å². The lowest BCUT2D eigenvalue weighted by Gasteiger charge is -2.18. The van der Waals surface area contributed by atoms with E-state index < -0.39 is 0 Å². The van der Waals surface area contributed by atoms with Gasteiger partial charge in [0.1, 0.15) is 0 Å². The average Bonchev–Trinajstić information content (AvgIpc) is 2.47. The summed E-state index contributed by atoms with van der Waals surface area (Å²) in [6, 6.07) is 15.6. The van der Waals surface area contributed by atoms with Crippen LogP contribution in [0.2, 0.25) is 0 Å². The smallest absolute Gasteiger partial charge is 0.258 e. The van der Waals surface area contributed by atoms with Crippen LogP contribution in [0.15, 0.2) is 48.5 Å². The fourth-order valence-corrected chi connectivity index (χ4v) is 2.11. The van der Waals surface area contributed by atoms with E-state index in [2.05, 4.69) is 0 Å². The first kappa shape index (κ1) is 14.3. The van der Waals surface area contributed by atoms with Crippen molar-refractivity contribution in [2.75, 3.05) is 18.5 Å². The molecule has 0 spiro atoms. The van der Waals surface area contributed by atoms with Crippen LogP contribution in [0, 0.1) is 6.92 Å². The first-order chi connectivity index (χ1) is 9.61. The quantitative estimate of drug-likeness (QED) is 0.926. The van der Waals surface area contributed by atoms with E-state index in [9.17, 15) is 4.79 Å². The normalized spacial score (nSPS) is 10.3. The van der Waals surface area contributed by atoms with Gasteiger partial charge in [-0.05, 0) is 49.7 Å². The van der Waals surface area contributed by atoms with Crippen LogP contribution in [-0.2, 0) is 6.42 Å². The van der Waals surface area contributed by atoms with Gasteiger partial charge in [-0.15, -0.1) is 0 Å². The number of amides is 1. The number of nitrogens with two attached hydrogens (primary N) is 1. The van der Waals surface area contributed by atoms with Gasteiger partial charge in [0, 0.05) is 18.3 Å². The molecule has 0 aliphatic heterocycles. The van der Waals surface area contributed by atoms with Crippen LogP contribution in [-0.4, -0.2) is 19.5 Å². The van der Waals surface area contributed by atoms with E-state index >= 15 is 0 Å². The number of rotatable bonds is 4. The summed E-state index contributed by atoms with van der Waals surface area (Å²) in [5, 5.41) is 0. The summed E-state index contributed by atoms with van der Waals surface area (Å²) in [5.74, 6) is -0.00674. The maximum Gasteiger partial charge on any atom is 0.258 e. The molecule has 0 saturated heterocycles. The molecular weight excluding hydrogens is 248 g/mol. The molecule has 20 heavy (non-hydrogen) atoms. The second-order valence-corrected chi connectivity index (χ2v) is 4.94. The van der Waals surface area contributed by atoms with E-state index in [4.69, 9.17) is 5.73 Å². The van der Waals surface area contributed by atoms with E-state index in [-0.39, 0.29) is 5.91 Å². The molecule has 0 bridgehead atoms. The van der Waals surface area contributed by atoms with Crippen molar-refractivity contribution in [3.05, 3.63) is 65.2 Å². The summed E-state index contributed by atoms with van der Waals surface area (Å²) >= 11 is 0. The fraction of sp³-hybridized carbons (Fsp3) is 0.235. The molecule has 0 aliphatic carbocycles. The molecule has 1 amide bonds. The average molecular weight is 268 g/mol. The summed E-state index contributed by atoms with van der Waals surface area (Å²) < 4.78 is 0. The summed E-state index contributed by atoms with van der Waals surface area (Å²) in [6.45, 7) is 2.62. The van der Waals surface area contributed by atoms with E-state index in [0.717, 1.165) is 17.7 Å². The predicted molar refractivity (Wildman–Crippen MR) is 83.1 cm³/mol. The highest BCUT2D eigenvalue weighted by atomic mass is 16.2. The molecule has 0 aliphatic rings. The number of benzene rings is 2. The molecule has 0 saturated carbocycles. The lowest BCUT2D eigenvalue weighted by molar-refractivity contribution is 0.0993. The fourth-order valence-electron chi connectivity index (χ4n) is 2.11. The number of hydrogen-bond donors (Lipinski definition) is 1. The van der Waals surface area contributed by atoms with Crippen LogP contribution in [0.3, 0.4) is 0 Å². The highest BCUT2D eigenvalue weighted by Crippen LogP contribution is 2.17. The van der Waals surface area contributed by atoms with Crippen LogP contribution in [0.25, 0.3) is 0 Å². The lowest BCUT2D eigenvalue weighted by Crippen LogP contribution is -2.26. The van der Waals surface area contributed by atoms with Crippen molar-refractivity contribution in [3.63, 3.8) is 0 Å². The number of carbonyl (C=O) groups excluding carboxylic acids is 1. The Labute approximate surface area is 120 Å². The highest BCUT2D eigenvalue weighted by Gasteiger charge is 2.13. The van der Waals surface area contributed by atoms with Gasteiger partial charge in [0.15, 0.2) is 0 Å². The molecule has 3 nitrogen and oxygen atoms in total. The van der Waals surface area contributed by atoms with Crippen molar-refractivity contribution in [1.29, 1.82) is 0 Å². The number of aryl methyl sites for hydroxylation is 1. The maximum atomic E-state index is 12.5. The Morgan fingerprint density at radius 2 is 1.85 bits per heavy atom. The Bertz CT molecular complexity index is 590. The van der Waals surface area contributed by atoms with Gasteiger partial charge in [0.05, 0.1) is 0 Å². The molecule has 2 aromatic carbocycles. The number of hydrogen-bond acceptors (Lipinski definition) is 2. The van der Waals surface area contributed by atoms with Gasteiger partial charge in [0.25, 0.3) is 5.91 Å². The standard InChI is InChI=1S/C17H20N2O/c1-13-6-8-16(9-7-13)19(2)17(20)15-5-3-4-14(12-15)10-11-18/h3-9,12H,10-11,18H2,1-2H3. The van der Waals surface area contributed by atoms with Crippen LogP contribution in [0.1, 0.15) is 21.5 Å². The molecule has 0 aromatic heterocycles. The lowest BCUT2D eigenvalue weighted by atomic mass is 10.1. The zero-order valence-electron chi connectivity index (χ0n) is 12.0. The van der Waals surface area contributed by atoms with Gasteiger partial charge < -0.3 is 10.6 Å². The number of carbonyl (C=O) groups is 1. The SMILES string of the molecule is Cc1ccc(N(C)C(=O)c2cccc(CCN)c2)cc1. The summed E-state index contributed by atoms with van der Waals surface area (Å²) in [6.07, 6.45) is 0.787. The molecule has 0 atom stereocenters. The molecule has 3 heteroatoms. The van der Waals surface area contributed by atoms with Crippen molar-refractivity contribution >= 4 is 11.6 Å². The van der Waals surface area contributed by atoms with Gasteiger partial charge in [-0.2, -0.15) is 0 Å². The highest BCUT2D eigenvalue weighted by molar-refractivity contribution is 6.05. The van der Waals surface area contributed by atoms with Gasteiger partial charge in [-0.3, -0.25) is 4.79 Å². The zero-order chi connectivity index (χ0) is 14.5. The molecule has 2 rings (SSSR count). The minimum absolute atomic E-state index is 0.00674. The van der Waals surface area contributed by atoms with E-state index in [1.54, 1.807) is 11.9 Å². The Morgan fingerprint density at radius 1 is 1.15 bits per heavy atom. The minimum atomic E-state index is -0.00674. The van der Waals surface area contributed by atoms with Crippen LogP contribution in [0.5, 0.6) is 0 Å². The molecule has 104 valence electrons. The van der Waals surface area contributed by atoms with Gasteiger partial charge >= 0.3 is 0 Å². The van der Waals surface area contributed by atoms with Crippen molar-refractivity contribution < 1.29 is 4.79 Å². The third-order valence-corrected chi connectivity index (χ3v) is 3.33. The summed E-state index contributed by atoms with van der Waals surface area (Å²) in [4.78, 5) is 14.1. The third-order valence-electron chi connectivity index (χ3n) is 3.33. The summed E-state index contributed by atoms with van der Waals surface area (Å²) in [5.41, 5.74) is 9.42. The molecule has 2 N–H and O–H groups in total. The van der Waals surface area contributed by atoms with Crippen molar-refractivity contribution in [3.8, 4) is 0 Å².